The summed E-state index contributed by atoms with van der Waals surface area (Å²) in [5, 5.41) is 3.20. The molecule has 0 heterocycles. The maximum Gasteiger partial charge on any atom is 0.0202 e. The van der Waals surface area contributed by atoms with Crippen LogP contribution in [0.1, 0.15) is 43.9 Å². The first-order valence-electron chi connectivity index (χ1n) is 7.83. The number of benzene rings is 2. The van der Waals surface area contributed by atoms with E-state index in [0.29, 0.717) is 0 Å². The van der Waals surface area contributed by atoms with E-state index < -0.39 is 0 Å². The van der Waals surface area contributed by atoms with Crippen molar-refractivity contribution in [2.45, 2.75) is 46.1 Å². The molecule has 0 saturated heterocycles. The van der Waals surface area contributed by atoms with Crippen LogP contribution in [0.4, 0.5) is 0 Å². The van der Waals surface area contributed by atoms with Crippen LogP contribution in [0.25, 0.3) is 11.1 Å². The molecule has 0 bridgehead atoms. The van der Waals surface area contributed by atoms with Gasteiger partial charge in [0, 0.05) is 6.54 Å². The van der Waals surface area contributed by atoms with Crippen LogP contribution in [0.3, 0.4) is 0 Å². The summed E-state index contributed by atoms with van der Waals surface area (Å²) in [6.45, 7) is 9.97. The van der Waals surface area contributed by atoms with Gasteiger partial charge in [-0.15, -0.1) is 0 Å². The average molecular weight is 281 g/mol. The summed E-state index contributed by atoms with van der Waals surface area (Å²) in [5.41, 5.74) is 6.98. The second kappa shape index (κ2) is 6.44. The van der Waals surface area contributed by atoms with Gasteiger partial charge < -0.3 is 5.32 Å². The summed E-state index contributed by atoms with van der Waals surface area (Å²) in [6.07, 6.45) is 1.16. The van der Waals surface area contributed by atoms with Gasteiger partial charge in [-0.25, -0.2) is 0 Å². The van der Waals surface area contributed by atoms with Crippen molar-refractivity contribution in [2.75, 3.05) is 7.05 Å². The van der Waals surface area contributed by atoms with Crippen molar-refractivity contribution >= 4 is 0 Å². The number of hydrogen-bond acceptors (Lipinski definition) is 1. The van der Waals surface area contributed by atoms with Crippen LogP contribution in [0.2, 0.25) is 0 Å². The quantitative estimate of drug-likeness (QED) is 0.807. The zero-order chi connectivity index (χ0) is 15.5. The van der Waals surface area contributed by atoms with E-state index in [4.69, 9.17) is 0 Å². The lowest BCUT2D eigenvalue weighted by molar-refractivity contribution is 0.506. The van der Waals surface area contributed by atoms with E-state index in [0.717, 1.165) is 13.0 Å². The van der Waals surface area contributed by atoms with E-state index in [-0.39, 0.29) is 5.41 Å². The molecular weight excluding hydrogens is 254 g/mol. The van der Waals surface area contributed by atoms with E-state index in [9.17, 15) is 0 Å². The van der Waals surface area contributed by atoms with E-state index >= 15 is 0 Å². The standard InChI is InChI=1S/C20H27N/c1-6-20(3,4)18-10-8-17(9-11-18)19-12-7-16(14-21-5)13-15(19)2/h7-13,21H,6,14H2,1-5H3. The van der Waals surface area contributed by atoms with Gasteiger partial charge in [0.2, 0.25) is 0 Å². The van der Waals surface area contributed by atoms with Crippen LogP contribution >= 0.6 is 0 Å². The minimum Gasteiger partial charge on any atom is -0.316 e. The van der Waals surface area contributed by atoms with Crippen molar-refractivity contribution in [3.05, 3.63) is 59.2 Å². The molecular formula is C20H27N. The first kappa shape index (κ1) is 15.8. The molecule has 0 aliphatic rings. The van der Waals surface area contributed by atoms with Crippen LogP contribution in [0, 0.1) is 6.92 Å². The first-order chi connectivity index (χ1) is 9.97. The SMILES string of the molecule is CCC(C)(C)c1ccc(-c2ccc(CNC)cc2C)cc1. The summed E-state index contributed by atoms with van der Waals surface area (Å²) >= 11 is 0. The Morgan fingerprint density at radius 2 is 1.67 bits per heavy atom. The zero-order valence-electron chi connectivity index (χ0n) is 14.0. The number of rotatable bonds is 5. The maximum absolute atomic E-state index is 3.20. The molecule has 0 atom stereocenters. The molecule has 0 aliphatic carbocycles. The van der Waals surface area contributed by atoms with Gasteiger partial charge in [-0.05, 0) is 53.6 Å². The monoisotopic (exact) mass is 281 g/mol. The van der Waals surface area contributed by atoms with Crippen LogP contribution in [0.5, 0.6) is 0 Å². The largest absolute Gasteiger partial charge is 0.316 e. The van der Waals surface area contributed by atoms with Crippen molar-refractivity contribution in [3.63, 3.8) is 0 Å². The Balaban J connectivity index is 2.31. The molecule has 2 rings (SSSR count). The number of nitrogens with one attached hydrogen (secondary N) is 1. The van der Waals surface area contributed by atoms with Gasteiger partial charge in [0.1, 0.15) is 0 Å². The summed E-state index contributed by atoms with van der Waals surface area (Å²) in [7, 11) is 1.98. The summed E-state index contributed by atoms with van der Waals surface area (Å²) < 4.78 is 0. The maximum atomic E-state index is 3.20. The van der Waals surface area contributed by atoms with E-state index in [2.05, 4.69) is 75.5 Å². The fourth-order valence-electron chi connectivity index (χ4n) is 2.67. The smallest absolute Gasteiger partial charge is 0.0202 e. The highest BCUT2D eigenvalue weighted by Crippen LogP contribution is 2.30. The van der Waals surface area contributed by atoms with Crippen LogP contribution in [0.15, 0.2) is 42.5 Å². The van der Waals surface area contributed by atoms with Gasteiger partial charge in [0.25, 0.3) is 0 Å². The molecule has 0 fully saturated rings. The van der Waals surface area contributed by atoms with Gasteiger partial charge >= 0.3 is 0 Å². The molecule has 0 spiro atoms. The fourth-order valence-corrected chi connectivity index (χ4v) is 2.67. The Labute approximate surface area is 129 Å². The molecule has 0 radical (unpaired) electrons. The molecule has 1 nitrogen and oxygen atoms in total. The second-order valence-corrected chi connectivity index (χ2v) is 6.49. The Kier molecular flexibility index (Phi) is 4.84. The van der Waals surface area contributed by atoms with Gasteiger partial charge in [0.05, 0.1) is 0 Å². The third-order valence-electron chi connectivity index (χ3n) is 4.53. The predicted molar refractivity (Wildman–Crippen MR) is 92.7 cm³/mol. The highest BCUT2D eigenvalue weighted by atomic mass is 14.8. The third kappa shape index (κ3) is 3.54. The lowest BCUT2D eigenvalue weighted by atomic mass is 9.81. The highest BCUT2D eigenvalue weighted by molar-refractivity contribution is 5.68. The topological polar surface area (TPSA) is 12.0 Å². The summed E-state index contributed by atoms with van der Waals surface area (Å²) in [4.78, 5) is 0. The molecule has 1 N–H and O–H groups in total. The first-order valence-corrected chi connectivity index (χ1v) is 7.83. The highest BCUT2D eigenvalue weighted by Gasteiger charge is 2.17. The van der Waals surface area contributed by atoms with Crippen LogP contribution < -0.4 is 5.32 Å². The normalized spacial score (nSPS) is 11.7. The van der Waals surface area contributed by atoms with Crippen molar-refractivity contribution in [2.24, 2.45) is 0 Å². The molecule has 0 amide bonds. The van der Waals surface area contributed by atoms with E-state index in [1.54, 1.807) is 0 Å². The lowest BCUT2D eigenvalue weighted by Gasteiger charge is -2.23. The molecule has 2 aromatic rings. The Bertz CT molecular complexity index is 594. The minimum absolute atomic E-state index is 0.254. The molecule has 0 saturated carbocycles. The van der Waals surface area contributed by atoms with Crippen LogP contribution in [-0.2, 0) is 12.0 Å². The number of aryl methyl sites for hydroxylation is 1. The minimum atomic E-state index is 0.254. The molecule has 21 heavy (non-hydrogen) atoms. The van der Waals surface area contributed by atoms with Gasteiger partial charge in [-0.2, -0.15) is 0 Å². The molecule has 0 aliphatic heterocycles. The average Bonchev–Trinajstić information content (AvgIpc) is 2.48. The van der Waals surface area contributed by atoms with Gasteiger partial charge in [-0.3, -0.25) is 0 Å². The van der Waals surface area contributed by atoms with Gasteiger partial charge in [0.15, 0.2) is 0 Å². The summed E-state index contributed by atoms with van der Waals surface area (Å²) in [6, 6.07) is 15.8. The molecule has 0 aromatic heterocycles. The second-order valence-electron chi connectivity index (χ2n) is 6.49. The molecule has 0 unspecified atom stereocenters. The molecule has 1 heteroatoms. The molecule has 2 aromatic carbocycles. The van der Waals surface area contributed by atoms with Crippen molar-refractivity contribution in [1.82, 2.24) is 5.32 Å². The van der Waals surface area contributed by atoms with Crippen molar-refractivity contribution in [1.29, 1.82) is 0 Å². The Morgan fingerprint density at radius 1 is 1.00 bits per heavy atom. The van der Waals surface area contributed by atoms with Crippen molar-refractivity contribution < 1.29 is 0 Å². The van der Waals surface area contributed by atoms with Crippen molar-refractivity contribution in [3.8, 4) is 11.1 Å². The predicted octanol–water partition coefficient (Wildman–Crippen LogP) is 5.07. The lowest BCUT2D eigenvalue weighted by Crippen LogP contribution is -2.14. The number of hydrogen-bond donors (Lipinski definition) is 1. The zero-order valence-corrected chi connectivity index (χ0v) is 14.0. The fraction of sp³-hybridized carbons (Fsp3) is 0.400. The Hall–Kier alpha value is -1.60. The third-order valence-corrected chi connectivity index (χ3v) is 4.53. The van der Waals surface area contributed by atoms with E-state index in [1.807, 2.05) is 7.05 Å². The van der Waals surface area contributed by atoms with Crippen LogP contribution in [-0.4, -0.2) is 7.05 Å². The molecule has 112 valence electrons. The summed E-state index contributed by atoms with van der Waals surface area (Å²) in [5.74, 6) is 0. The van der Waals surface area contributed by atoms with E-state index in [1.165, 1.54) is 27.8 Å². The Morgan fingerprint density at radius 3 is 2.19 bits per heavy atom. The van der Waals surface area contributed by atoms with Gasteiger partial charge in [-0.1, -0.05) is 63.2 Å².